The molecule has 0 spiro atoms. The summed E-state index contributed by atoms with van der Waals surface area (Å²) in [7, 11) is 5.38. The molecule has 0 saturated heterocycles. The van der Waals surface area contributed by atoms with Gasteiger partial charge in [-0.1, -0.05) is 30.3 Å². The topological polar surface area (TPSA) is 61.8 Å². The lowest BCUT2D eigenvalue weighted by atomic mass is 9.98. The minimum Gasteiger partial charge on any atom is -0.469 e. The van der Waals surface area contributed by atoms with Gasteiger partial charge in [0.25, 0.3) is 0 Å². The number of likely N-dealkylation sites (N-methyl/N-ethyl adjacent to an activating group) is 1. The van der Waals surface area contributed by atoms with Crippen LogP contribution in [0.15, 0.2) is 30.3 Å². The Hall–Kier alpha value is -1.43. The first-order valence-corrected chi connectivity index (χ1v) is 7.22. The third kappa shape index (κ3) is 6.71. The number of aliphatic hydroxyl groups is 1. The second kappa shape index (κ2) is 9.50. The molecule has 0 amide bonds. The third-order valence-corrected chi connectivity index (χ3v) is 3.37. The number of nitrogens with one attached hydrogen (secondary N) is 1. The van der Waals surface area contributed by atoms with Crippen LogP contribution in [0, 0.1) is 0 Å². The number of nitrogens with zero attached hydrogens (tertiary/aromatic N) is 1. The summed E-state index contributed by atoms with van der Waals surface area (Å²) in [5.41, 5.74) is 0.852. The summed E-state index contributed by atoms with van der Waals surface area (Å²) < 4.78 is 4.67. The molecule has 0 aromatic heterocycles. The highest BCUT2D eigenvalue weighted by molar-refractivity contribution is 5.69. The zero-order valence-corrected chi connectivity index (χ0v) is 13.1. The molecule has 1 rings (SSSR count). The lowest BCUT2D eigenvalue weighted by Crippen LogP contribution is -2.39. The molecule has 118 valence electrons. The van der Waals surface area contributed by atoms with Gasteiger partial charge >= 0.3 is 5.97 Å². The van der Waals surface area contributed by atoms with Gasteiger partial charge in [-0.05, 0) is 26.1 Å². The van der Waals surface area contributed by atoms with Crippen LogP contribution in [-0.4, -0.2) is 56.3 Å². The van der Waals surface area contributed by atoms with Crippen molar-refractivity contribution in [1.82, 2.24) is 10.2 Å². The predicted octanol–water partition coefficient (Wildman–Crippen LogP) is 1.19. The number of hydrogen-bond donors (Lipinski definition) is 2. The molecule has 5 nitrogen and oxygen atoms in total. The molecule has 0 heterocycles. The van der Waals surface area contributed by atoms with Gasteiger partial charge in [0.2, 0.25) is 0 Å². The van der Waals surface area contributed by atoms with Crippen LogP contribution in [0.1, 0.15) is 24.5 Å². The quantitative estimate of drug-likeness (QED) is 0.670. The van der Waals surface area contributed by atoms with Gasteiger partial charge in [0.05, 0.1) is 13.2 Å². The summed E-state index contributed by atoms with van der Waals surface area (Å²) in [4.78, 5) is 13.4. The van der Waals surface area contributed by atoms with E-state index in [2.05, 4.69) is 15.0 Å². The van der Waals surface area contributed by atoms with Gasteiger partial charge in [0.1, 0.15) is 0 Å². The molecule has 21 heavy (non-hydrogen) atoms. The van der Waals surface area contributed by atoms with Crippen LogP contribution in [0.25, 0.3) is 0 Å². The molecule has 0 bridgehead atoms. The molecule has 2 atom stereocenters. The number of esters is 1. The van der Waals surface area contributed by atoms with E-state index in [1.807, 2.05) is 44.4 Å². The molecule has 0 aliphatic carbocycles. The Labute approximate surface area is 126 Å². The van der Waals surface area contributed by atoms with Crippen LogP contribution in [0.2, 0.25) is 0 Å². The molecular formula is C16H26N2O3. The minimum atomic E-state index is -0.641. The van der Waals surface area contributed by atoms with Crippen LogP contribution in [0.3, 0.4) is 0 Å². The molecule has 0 aliphatic heterocycles. The second-order valence-corrected chi connectivity index (χ2v) is 5.33. The van der Waals surface area contributed by atoms with Gasteiger partial charge in [-0.15, -0.1) is 0 Å². The van der Waals surface area contributed by atoms with E-state index in [9.17, 15) is 9.90 Å². The highest BCUT2D eigenvalue weighted by Crippen LogP contribution is 2.19. The SMILES string of the molecule is COC(=O)CCC(NCCN(C)C)C(O)c1ccccc1. The van der Waals surface area contributed by atoms with E-state index in [0.29, 0.717) is 12.8 Å². The summed E-state index contributed by atoms with van der Waals surface area (Å²) in [6, 6.07) is 9.32. The highest BCUT2D eigenvalue weighted by Gasteiger charge is 2.21. The normalized spacial score (nSPS) is 14.0. The Morgan fingerprint density at radius 1 is 1.33 bits per heavy atom. The summed E-state index contributed by atoms with van der Waals surface area (Å²) >= 11 is 0. The van der Waals surface area contributed by atoms with E-state index in [1.54, 1.807) is 0 Å². The fourth-order valence-corrected chi connectivity index (χ4v) is 2.10. The Kier molecular flexibility index (Phi) is 7.97. The van der Waals surface area contributed by atoms with Crippen molar-refractivity contribution < 1.29 is 14.6 Å². The van der Waals surface area contributed by atoms with Crippen molar-refractivity contribution in [2.75, 3.05) is 34.3 Å². The van der Waals surface area contributed by atoms with Crippen LogP contribution in [-0.2, 0) is 9.53 Å². The Morgan fingerprint density at radius 3 is 2.57 bits per heavy atom. The first kappa shape index (κ1) is 17.6. The van der Waals surface area contributed by atoms with Crippen LogP contribution in [0.4, 0.5) is 0 Å². The maximum Gasteiger partial charge on any atom is 0.305 e. The van der Waals surface area contributed by atoms with E-state index in [-0.39, 0.29) is 12.0 Å². The maximum absolute atomic E-state index is 11.3. The zero-order valence-electron chi connectivity index (χ0n) is 13.1. The second-order valence-electron chi connectivity index (χ2n) is 5.33. The number of rotatable bonds is 9. The van der Waals surface area contributed by atoms with Gasteiger partial charge in [-0.25, -0.2) is 0 Å². The Bertz CT molecular complexity index is 409. The summed E-state index contributed by atoms with van der Waals surface area (Å²) in [6.07, 6.45) is 0.189. The van der Waals surface area contributed by atoms with Crippen LogP contribution in [0.5, 0.6) is 0 Å². The van der Waals surface area contributed by atoms with E-state index in [0.717, 1.165) is 18.7 Å². The molecule has 1 aromatic rings. The molecule has 0 fully saturated rings. The fraction of sp³-hybridized carbons (Fsp3) is 0.562. The largest absolute Gasteiger partial charge is 0.469 e. The van der Waals surface area contributed by atoms with Crippen molar-refractivity contribution in [1.29, 1.82) is 0 Å². The smallest absolute Gasteiger partial charge is 0.305 e. The number of benzene rings is 1. The lowest BCUT2D eigenvalue weighted by molar-refractivity contribution is -0.141. The first-order valence-electron chi connectivity index (χ1n) is 7.22. The summed E-state index contributed by atoms with van der Waals surface area (Å²) in [5.74, 6) is -0.255. The molecule has 2 unspecified atom stereocenters. The molecule has 2 N–H and O–H groups in total. The maximum atomic E-state index is 11.3. The van der Waals surface area contributed by atoms with E-state index in [1.165, 1.54) is 7.11 Å². The number of methoxy groups -OCH3 is 1. The van der Waals surface area contributed by atoms with Crippen molar-refractivity contribution in [3.05, 3.63) is 35.9 Å². The van der Waals surface area contributed by atoms with Gasteiger partial charge in [-0.2, -0.15) is 0 Å². The Morgan fingerprint density at radius 2 is 2.00 bits per heavy atom. The van der Waals surface area contributed by atoms with E-state index >= 15 is 0 Å². The van der Waals surface area contributed by atoms with Crippen LogP contribution < -0.4 is 5.32 Å². The molecule has 5 heteroatoms. The standard InChI is InChI=1S/C16H26N2O3/c1-18(2)12-11-17-14(9-10-15(19)21-3)16(20)13-7-5-4-6-8-13/h4-8,14,16-17,20H,9-12H2,1-3H3. The Balaban J connectivity index is 2.63. The number of carbonyl (C=O) groups is 1. The first-order chi connectivity index (χ1) is 10.0. The highest BCUT2D eigenvalue weighted by atomic mass is 16.5. The average Bonchev–Trinajstić information content (AvgIpc) is 2.50. The van der Waals surface area contributed by atoms with E-state index < -0.39 is 6.10 Å². The van der Waals surface area contributed by atoms with Gasteiger partial charge in [-0.3, -0.25) is 4.79 Å². The molecule has 0 radical (unpaired) electrons. The van der Waals surface area contributed by atoms with Crippen molar-refractivity contribution in [2.24, 2.45) is 0 Å². The molecule has 0 saturated carbocycles. The van der Waals surface area contributed by atoms with Gasteiger partial charge in [0, 0.05) is 25.6 Å². The minimum absolute atomic E-state index is 0.175. The average molecular weight is 294 g/mol. The van der Waals surface area contributed by atoms with Gasteiger partial charge < -0.3 is 20.1 Å². The van der Waals surface area contributed by atoms with Crippen molar-refractivity contribution in [3.8, 4) is 0 Å². The summed E-state index contributed by atoms with van der Waals surface area (Å²) in [6.45, 7) is 1.62. The molecular weight excluding hydrogens is 268 g/mol. The van der Waals surface area contributed by atoms with Crippen molar-refractivity contribution in [3.63, 3.8) is 0 Å². The number of hydrogen-bond acceptors (Lipinski definition) is 5. The van der Waals surface area contributed by atoms with E-state index in [4.69, 9.17) is 0 Å². The lowest BCUT2D eigenvalue weighted by Gasteiger charge is -2.25. The molecule has 0 aliphatic rings. The fourth-order valence-electron chi connectivity index (χ4n) is 2.10. The monoisotopic (exact) mass is 294 g/mol. The van der Waals surface area contributed by atoms with Crippen molar-refractivity contribution >= 4 is 5.97 Å². The zero-order chi connectivity index (χ0) is 15.7. The number of carbonyl (C=O) groups excluding carboxylic acids is 1. The predicted molar refractivity (Wildman–Crippen MR) is 83.0 cm³/mol. The third-order valence-electron chi connectivity index (χ3n) is 3.37. The van der Waals surface area contributed by atoms with Gasteiger partial charge in [0.15, 0.2) is 0 Å². The number of ether oxygens (including phenoxy) is 1. The molecule has 1 aromatic carbocycles. The number of aliphatic hydroxyl groups excluding tert-OH is 1. The van der Waals surface area contributed by atoms with Crippen LogP contribution >= 0.6 is 0 Å². The summed E-state index contributed by atoms with van der Waals surface area (Å²) in [5, 5.41) is 13.8. The van der Waals surface area contributed by atoms with Crippen molar-refractivity contribution in [2.45, 2.75) is 25.0 Å².